The number of hydrogen-bond donors (Lipinski definition) is 1. The minimum absolute atomic E-state index is 0.133. The van der Waals surface area contributed by atoms with E-state index in [0.717, 1.165) is 19.3 Å². The predicted octanol–water partition coefficient (Wildman–Crippen LogP) is 7.05. The Morgan fingerprint density at radius 2 is 1.93 bits per heavy atom. The van der Waals surface area contributed by atoms with E-state index in [4.69, 9.17) is 21.1 Å². The van der Waals surface area contributed by atoms with Gasteiger partial charge < -0.3 is 14.8 Å². The van der Waals surface area contributed by atoms with E-state index in [0.29, 0.717) is 28.6 Å². The molecule has 146 valence electrons. The average molecular weight is 577 g/mol. The lowest BCUT2D eigenvalue weighted by Gasteiger charge is -2.15. The highest BCUT2D eigenvalue weighted by Crippen LogP contribution is 2.35. The minimum Gasteiger partial charge on any atom is -0.493 e. The van der Waals surface area contributed by atoms with Crippen molar-refractivity contribution in [2.24, 2.45) is 0 Å². The van der Waals surface area contributed by atoms with Gasteiger partial charge >= 0.3 is 0 Å². The monoisotopic (exact) mass is 575 g/mol. The van der Waals surface area contributed by atoms with Crippen LogP contribution in [0.1, 0.15) is 11.1 Å². The van der Waals surface area contributed by atoms with E-state index in [9.17, 15) is 4.39 Å². The van der Waals surface area contributed by atoms with Gasteiger partial charge in [-0.15, -0.1) is 0 Å². The first-order chi connectivity index (χ1) is 13.5. The lowest BCUT2D eigenvalue weighted by molar-refractivity contribution is 0.277. The summed E-state index contributed by atoms with van der Waals surface area (Å²) in [5.41, 5.74) is 2.44. The molecule has 0 radical (unpaired) electrons. The Balaban J connectivity index is 1.73. The van der Waals surface area contributed by atoms with Gasteiger partial charge in [0.2, 0.25) is 0 Å². The van der Waals surface area contributed by atoms with E-state index in [1.54, 1.807) is 25.3 Å². The molecule has 3 nitrogen and oxygen atoms in total. The van der Waals surface area contributed by atoms with Gasteiger partial charge in [-0.3, -0.25) is 0 Å². The molecule has 0 spiro atoms. The number of benzene rings is 3. The van der Waals surface area contributed by atoms with Gasteiger partial charge in [-0.2, -0.15) is 0 Å². The predicted molar refractivity (Wildman–Crippen MR) is 123 cm³/mol. The maximum absolute atomic E-state index is 13.8. The van der Waals surface area contributed by atoms with Crippen LogP contribution < -0.4 is 14.8 Å². The fourth-order valence-corrected chi connectivity index (χ4v) is 3.84. The van der Waals surface area contributed by atoms with Crippen molar-refractivity contribution in [3.05, 3.63) is 84.6 Å². The Morgan fingerprint density at radius 3 is 2.64 bits per heavy atom. The van der Waals surface area contributed by atoms with Crippen molar-refractivity contribution < 1.29 is 13.9 Å². The van der Waals surface area contributed by atoms with Gasteiger partial charge in [0.15, 0.2) is 11.5 Å². The van der Waals surface area contributed by atoms with Gasteiger partial charge in [0, 0.05) is 22.3 Å². The van der Waals surface area contributed by atoms with Crippen molar-refractivity contribution in [1.82, 2.24) is 0 Å². The van der Waals surface area contributed by atoms with Crippen molar-refractivity contribution in [2.75, 3.05) is 12.4 Å². The maximum atomic E-state index is 13.8. The molecule has 0 saturated carbocycles. The van der Waals surface area contributed by atoms with Crippen LogP contribution in [-0.4, -0.2) is 7.11 Å². The van der Waals surface area contributed by atoms with Crippen molar-refractivity contribution in [3.8, 4) is 11.5 Å². The smallest absolute Gasteiger partial charge is 0.174 e. The van der Waals surface area contributed by atoms with E-state index < -0.39 is 0 Å². The van der Waals surface area contributed by atoms with Crippen molar-refractivity contribution in [3.63, 3.8) is 0 Å². The molecule has 0 bridgehead atoms. The minimum atomic E-state index is -0.287. The van der Waals surface area contributed by atoms with Crippen molar-refractivity contribution in [2.45, 2.75) is 13.2 Å². The van der Waals surface area contributed by atoms with Crippen LogP contribution in [0.5, 0.6) is 11.5 Å². The van der Waals surface area contributed by atoms with Crippen LogP contribution in [0.25, 0.3) is 0 Å². The molecule has 3 aromatic rings. The Labute approximate surface area is 190 Å². The molecule has 0 heterocycles. The van der Waals surface area contributed by atoms with Crippen LogP contribution in [0.3, 0.4) is 0 Å². The summed E-state index contributed by atoms with van der Waals surface area (Å²) in [5.74, 6) is 0.918. The van der Waals surface area contributed by atoms with E-state index in [-0.39, 0.29) is 12.4 Å². The summed E-state index contributed by atoms with van der Waals surface area (Å²) < 4.78 is 26.9. The number of hydrogen-bond acceptors (Lipinski definition) is 3. The zero-order valence-electron chi connectivity index (χ0n) is 14.9. The first-order valence-electron chi connectivity index (χ1n) is 8.39. The molecule has 0 aliphatic heterocycles. The number of rotatable bonds is 7. The molecule has 3 aromatic carbocycles. The fourth-order valence-electron chi connectivity index (χ4n) is 2.59. The summed E-state index contributed by atoms with van der Waals surface area (Å²) in [5, 5.41) is 3.99. The Hall–Kier alpha value is -1.51. The second kappa shape index (κ2) is 9.80. The molecule has 7 heteroatoms. The van der Waals surface area contributed by atoms with Crippen LogP contribution in [0.2, 0.25) is 5.02 Å². The normalized spacial score (nSPS) is 10.6. The average Bonchev–Trinajstić information content (AvgIpc) is 2.68. The molecule has 0 aliphatic rings. The maximum Gasteiger partial charge on any atom is 0.174 e. The first kappa shape index (κ1) is 21.2. The highest BCUT2D eigenvalue weighted by molar-refractivity contribution is 14.1. The van der Waals surface area contributed by atoms with Crippen molar-refractivity contribution in [1.29, 1.82) is 0 Å². The quantitative estimate of drug-likeness (QED) is 0.306. The molecule has 0 amide bonds. The molecule has 28 heavy (non-hydrogen) atoms. The topological polar surface area (TPSA) is 30.5 Å². The lowest BCUT2D eigenvalue weighted by atomic mass is 10.2. The summed E-state index contributed by atoms with van der Waals surface area (Å²) in [6.07, 6.45) is 0. The Morgan fingerprint density at radius 1 is 1.14 bits per heavy atom. The largest absolute Gasteiger partial charge is 0.493 e. The number of ether oxygens (including phenoxy) is 2. The molecule has 0 aromatic heterocycles. The van der Waals surface area contributed by atoms with E-state index in [1.165, 1.54) is 6.07 Å². The molecular weight excluding hydrogens is 559 g/mol. The third-order valence-corrected chi connectivity index (χ3v) is 6.07. The van der Waals surface area contributed by atoms with E-state index in [1.807, 2.05) is 30.3 Å². The first-order valence-corrected chi connectivity index (χ1v) is 10.6. The third-order valence-electron chi connectivity index (χ3n) is 4.04. The Bertz CT molecular complexity index is 987. The van der Waals surface area contributed by atoms with Gasteiger partial charge in [-0.05, 0) is 80.5 Å². The molecule has 1 N–H and O–H groups in total. The zero-order chi connectivity index (χ0) is 20.1. The standard InChI is InChI=1S/C21H17BrClFINO2/c1-27-20-9-13(11-26-15-6-7-16(22)17(23)10-15)8-19(25)21(20)28-12-14-4-2-3-5-18(14)24/h2-10,26H,11-12H2,1H3. The number of nitrogens with one attached hydrogen (secondary N) is 1. The van der Waals surface area contributed by atoms with Crippen molar-refractivity contribution >= 4 is 55.8 Å². The molecular formula is C21H17BrClFINO2. The number of methoxy groups -OCH3 is 1. The highest BCUT2D eigenvalue weighted by Gasteiger charge is 2.13. The lowest BCUT2D eigenvalue weighted by Crippen LogP contribution is -2.04. The third kappa shape index (κ3) is 5.30. The molecule has 0 fully saturated rings. The second-order valence-corrected chi connectivity index (χ2v) is 8.40. The van der Waals surface area contributed by atoms with Gasteiger partial charge in [0.1, 0.15) is 12.4 Å². The highest BCUT2D eigenvalue weighted by atomic mass is 127. The van der Waals surface area contributed by atoms with Crippen LogP contribution in [0.4, 0.5) is 10.1 Å². The summed E-state index contributed by atoms with van der Waals surface area (Å²) in [6.45, 7) is 0.728. The van der Waals surface area contributed by atoms with E-state index >= 15 is 0 Å². The molecule has 0 aliphatic carbocycles. The molecule has 0 unspecified atom stereocenters. The summed E-state index contributed by atoms with van der Waals surface area (Å²) in [7, 11) is 1.59. The van der Waals surface area contributed by atoms with Gasteiger partial charge in [0.05, 0.1) is 15.7 Å². The Kier molecular flexibility index (Phi) is 7.42. The molecule has 0 atom stereocenters. The zero-order valence-corrected chi connectivity index (χ0v) is 19.4. The van der Waals surface area contributed by atoms with Crippen LogP contribution >= 0.6 is 50.1 Å². The second-order valence-electron chi connectivity index (χ2n) is 5.97. The van der Waals surface area contributed by atoms with Gasteiger partial charge in [-0.1, -0.05) is 29.8 Å². The fraction of sp³-hybridized carbons (Fsp3) is 0.143. The summed E-state index contributed by atoms with van der Waals surface area (Å²) >= 11 is 11.7. The van der Waals surface area contributed by atoms with Crippen LogP contribution in [0, 0.1) is 9.39 Å². The number of anilines is 1. The summed E-state index contributed by atoms with van der Waals surface area (Å²) in [6, 6.07) is 16.2. The van der Waals surface area contributed by atoms with E-state index in [2.05, 4.69) is 43.8 Å². The van der Waals surface area contributed by atoms with Crippen LogP contribution in [0.15, 0.2) is 59.1 Å². The van der Waals surface area contributed by atoms with Gasteiger partial charge in [-0.25, -0.2) is 4.39 Å². The number of halogens is 4. The molecule has 3 rings (SSSR count). The SMILES string of the molecule is COc1cc(CNc2ccc(Br)c(Cl)c2)cc(I)c1OCc1ccccc1F. The summed E-state index contributed by atoms with van der Waals surface area (Å²) in [4.78, 5) is 0. The molecule has 0 saturated heterocycles. The van der Waals surface area contributed by atoms with Gasteiger partial charge in [0.25, 0.3) is 0 Å². The van der Waals surface area contributed by atoms with Crippen LogP contribution in [-0.2, 0) is 13.2 Å².